The van der Waals surface area contributed by atoms with Crippen molar-refractivity contribution in [1.29, 1.82) is 0 Å². The number of aromatic nitrogens is 3. The number of nitrogens with two attached hydrogens (primary N) is 1. The van der Waals surface area contributed by atoms with E-state index in [-0.39, 0.29) is 23.4 Å². The lowest BCUT2D eigenvalue weighted by atomic mass is 10.2. The average Bonchev–Trinajstić information content (AvgIpc) is 2.99. The van der Waals surface area contributed by atoms with Crippen LogP contribution in [0.2, 0.25) is 0 Å². The van der Waals surface area contributed by atoms with Crippen molar-refractivity contribution in [3.8, 4) is 17.0 Å². The molecule has 2 aromatic rings. The zero-order chi connectivity index (χ0) is 21.3. The van der Waals surface area contributed by atoms with Crippen LogP contribution in [-0.2, 0) is 0 Å². The molecule has 1 atom stereocenters. The standard InChI is InChI=1S/C15H13F7N4O2/c1-7(2-3-16)26-6-9(25-13(26)11(27)14(17,18)19)8-4-10(12(23)24-5-8)28-15(20,21)22/h4-6,11,27H,1-3H2,(H2,23,24)/t11-/m1/s1. The van der Waals surface area contributed by atoms with Gasteiger partial charge >= 0.3 is 12.5 Å². The van der Waals surface area contributed by atoms with Crippen LogP contribution in [0.4, 0.5) is 36.6 Å². The molecule has 0 aliphatic rings. The molecular weight excluding hydrogens is 401 g/mol. The number of alkyl halides is 7. The smallest absolute Gasteiger partial charge is 0.402 e. The van der Waals surface area contributed by atoms with Gasteiger partial charge in [-0.05, 0) is 6.07 Å². The van der Waals surface area contributed by atoms with Gasteiger partial charge in [-0.1, -0.05) is 6.58 Å². The minimum atomic E-state index is -5.10. The summed E-state index contributed by atoms with van der Waals surface area (Å²) in [6.45, 7) is 2.48. The summed E-state index contributed by atoms with van der Waals surface area (Å²) in [5, 5.41) is 9.51. The highest BCUT2D eigenvalue weighted by Crippen LogP contribution is 2.36. The highest BCUT2D eigenvalue weighted by molar-refractivity contribution is 5.65. The molecule has 6 nitrogen and oxygen atoms in total. The summed E-state index contributed by atoms with van der Waals surface area (Å²) in [5.74, 6) is -2.44. The molecule has 0 amide bonds. The van der Waals surface area contributed by atoms with Crippen molar-refractivity contribution in [1.82, 2.24) is 14.5 Å². The molecule has 0 bridgehead atoms. The number of imidazole rings is 1. The third-order valence-corrected chi connectivity index (χ3v) is 3.41. The largest absolute Gasteiger partial charge is 0.573 e. The third kappa shape index (κ3) is 4.91. The van der Waals surface area contributed by atoms with Crippen LogP contribution in [0.5, 0.6) is 5.75 Å². The monoisotopic (exact) mass is 414 g/mol. The molecule has 0 unspecified atom stereocenters. The van der Waals surface area contributed by atoms with Crippen LogP contribution in [0.15, 0.2) is 25.0 Å². The number of aliphatic hydroxyl groups excluding tert-OH is 1. The Morgan fingerprint density at radius 2 is 1.93 bits per heavy atom. The summed E-state index contributed by atoms with van der Waals surface area (Å²) in [5.41, 5.74) is 4.66. The number of hydrogen-bond acceptors (Lipinski definition) is 5. The Morgan fingerprint density at radius 3 is 2.46 bits per heavy atom. The number of nitrogens with zero attached hydrogens (tertiary/aromatic N) is 3. The first kappa shape index (κ1) is 21.5. The van der Waals surface area contributed by atoms with Gasteiger partial charge in [0.25, 0.3) is 0 Å². The summed E-state index contributed by atoms with van der Waals surface area (Å²) >= 11 is 0. The Balaban J connectivity index is 2.55. The van der Waals surface area contributed by atoms with Crippen molar-refractivity contribution in [3.05, 3.63) is 30.9 Å². The van der Waals surface area contributed by atoms with Gasteiger partial charge in [-0.2, -0.15) is 13.2 Å². The minimum Gasteiger partial charge on any atom is -0.402 e. The van der Waals surface area contributed by atoms with Crippen molar-refractivity contribution in [3.63, 3.8) is 0 Å². The van der Waals surface area contributed by atoms with E-state index in [0.717, 1.165) is 18.5 Å². The van der Waals surface area contributed by atoms with E-state index in [0.29, 0.717) is 4.57 Å². The second-order valence-corrected chi connectivity index (χ2v) is 5.46. The van der Waals surface area contributed by atoms with E-state index in [9.17, 15) is 35.8 Å². The normalized spacial score (nSPS) is 13.4. The second-order valence-electron chi connectivity index (χ2n) is 5.46. The molecule has 0 spiro atoms. The van der Waals surface area contributed by atoms with Crippen LogP contribution in [0.3, 0.4) is 0 Å². The van der Waals surface area contributed by atoms with E-state index in [1.807, 2.05) is 0 Å². The first-order valence-electron chi connectivity index (χ1n) is 7.43. The molecule has 2 rings (SSSR count). The van der Waals surface area contributed by atoms with E-state index in [1.165, 1.54) is 0 Å². The van der Waals surface area contributed by atoms with E-state index in [2.05, 4.69) is 21.3 Å². The van der Waals surface area contributed by atoms with Crippen LogP contribution >= 0.6 is 0 Å². The molecule has 0 fully saturated rings. The lowest BCUT2D eigenvalue weighted by Crippen LogP contribution is -2.23. The van der Waals surface area contributed by atoms with E-state index < -0.39 is 42.7 Å². The van der Waals surface area contributed by atoms with Crippen molar-refractivity contribution in [2.75, 3.05) is 12.4 Å². The van der Waals surface area contributed by atoms with E-state index in [4.69, 9.17) is 5.73 Å². The molecule has 0 aliphatic heterocycles. The van der Waals surface area contributed by atoms with Crippen molar-refractivity contribution in [2.24, 2.45) is 0 Å². The first-order valence-corrected chi connectivity index (χ1v) is 7.43. The Kier molecular flexibility index (Phi) is 5.87. The molecule has 2 heterocycles. The maximum atomic E-state index is 12.9. The molecule has 0 radical (unpaired) electrons. The second kappa shape index (κ2) is 7.66. The maximum Gasteiger partial charge on any atom is 0.573 e. The summed E-state index contributed by atoms with van der Waals surface area (Å²) < 4.78 is 92.9. The van der Waals surface area contributed by atoms with Gasteiger partial charge < -0.3 is 20.1 Å². The van der Waals surface area contributed by atoms with E-state index in [1.54, 1.807) is 0 Å². The topological polar surface area (TPSA) is 86.2 Å². The predicted octanol–water partition coefficient (Wildman–Crippen LogP) is 3.85. The molecule has 0 aliphatic carbocycles. The molecule has 3 N–H and O–H groups in total. The minimum absolute atomic E-state index is 0.158. The SMILES string of the molecule is C=C(CCF)n1cc(-c2cnc(N)c(OC(F)(F)F)c2)nc1[C@@H](O)C(F)(F)F. The number of aliphatic hydroxyl groups is 1. The number of nitrogen functional groups attached to an aromatic ring is 1. The zero-order valence-corrected chi connectivity index (χ0v) is 13.9. The number of rotatable bonds is 6. The van der Waals surface area contributed by atoms with Crippen molar-refractivity contribution < 1.29 is 40.6 Å². The lowest BCUT2D eigenvalue weighted by Gasteiger charge is -2.16. The Morgan fingerprint density at radius 1 is 1.29 bits per heavy atom. The molecule has 2 aromatic heterocycles. The van der Waals surface area contributed by atoms with Crippen LogP contribution in [-0.4, -0.2) is 38.9 Å². The summed E-state index contributed by atoms with van der Waals surface area (Å²) in [7, 11) is 0. The van der Waals surface area contributed by atoms with Gasteiger partial charge in [-0.3, -0.25) is 4.39 Å². The number of allylic oxidation sites excluding steroid dienone is 1. The van der Waals surface area contributed by atoms with Crippen LogP contribution in [0, 0.1) is 0 Å². The molecule has 154 valence electrons. The van der Waals surface area contributed by atoms with Crippen LogP contribution < -0.4 is 10.5 Å². The molecule has 13 heteroatoms. The molecule has 28 heavy (non-hydrogen) atoms. The first-order chi connectivity index (χ1) is 12.8. The van der Waals surface area contributed by atoms with Crippen LogP contribution in [0.25, 0.3) is 17.0 Å². The fourth-order valence-electron chi connectivity index (χ4n) is 2.16. The van der Waals surface area contributed by atoms with Gasteiger partial charge in [0, 0.05) is 30.1 Å². The summed E-state index contributed by atoms with van der Waals surface area (Å²) in [6.07, 6.45) is -11.7. The van der Waals surface area contributed by atoms with Gasteiger partial charge in [0.15, 0.2) is 17.4 Å². The van der Waals surface area contributed by atoms with Gasteiger partial charge in [-0.15, -0.1) is 13.2 Å². The van der Waals surface area contributed by atoms with Gasteiger partial charge in [-0.25, -0.2) is 9.97 Å². The highest BCUT2D eigenvalue weighted by Gasteiger charge is 2.43. The average molecular weight is 414 g/mol. The van der Waals surface area contributed by atoms with Gasteiger partial charge in [0.05, 0.1) is 12.4 Å². The highest BCUT2D eigenvalue weighted by atomic mass is 19.4. The Bertz CT molecular complexity index is 861. The predicted molar refractivity (Wildman–Crippen MR) is 83.5 cm³/mol. The number of halogens is 7. The lowest BCUT2D eigenvalue weighted by molar-refractivity contribution is -0.274. The third-order valence-electron chi connectivity index (χ3n) is 3.41. The maximum absolute atomic E-state index is 12.9. The van der Waals surface area contributed by atoms with Gasteiger partial charge in [0.1, 0.15) is 0 Å². The fourth-order valence-corrected chi connectivity index (χ4v) is 2.16. The molecule has 0 saturated carbocycles. The summed E-state index contributed by atoms with van der Waals surface area (Å²) in [4.78, 5) is 7.10. The van der Waals surface area contributed by atoms with Crippen molar-refractivity contribution in [2.45, 2.75) is 25.1 Å². The molecular formula is C15H13F7N4O2. The number of pyridine rings is 1. The number of anilines is 1. The quantitative estimate of drug-likeness (QED) is 0.702. The zero-order valence-electron chi connectivity index (χ0n) is 13.9. The Labute approximate surface area is 153 Å². The summed E-state index contributed by atoms with van der Waals surface area (Å²) in [6, 6.07) is 0.768. The Hall–Kier alpha value is -2.83. The van der Waals surface area contributed by atoms with Gasteiger partial charge in [0.2, 0.25) is 6.10 Å². The fraction of sp³-hybridized carbons (Fsp3) is 0.333. The molecule has 0 saturated heterocycles. The number of hydrogen-bond donors (Lipinski definition) is 2. The number of ether oxygens (including phenoxy) is 1. The van der Waals surface area contributed by atoms with Crippen molar-refractivity contribution >= 4 is 11.5 Å². The molecule has 0 aromatic carbocycles. The van der Waals surface area contributed by atoms with E-state index >= 15 is 0 Å². The van der Waals surface area contributed by atoms with Crippen LogP contribution in [0.1, 0.15) is 18.3 Å².